The number of rotatable bonds is 6. The minimum atomic E-state index is 0.444. The lowest BCUT2D eigenvalue weighted by Crippen LogP contribution is -2.44. The van der Waals surface area contributed by atoms with Crippen molar-refractivity contribution in [2.75, 3.05) is 19.6 Å². The zero-order valence-corrected chi connectivity index (χ0v) is 10.8. The van der Waals surface area contributed by atoms with Gasteiger partial charge in [0.05, 0.1) is 0 Å². The van der Waals surface area contributed by atoms with Crippen LogP contribution in [0.25, 0.3) is 0 Å². The zero-order valence-electron chi connectivity index (χ0n) is 10.8. The van der Waals surface area contributed by atoms with E-state index >= 15 is 0 Å². The molecular formula is C13H28N2. The topological polar surface area (TPSA) is 29.3 Å². The molecule has 2 nitrogen and oxygen atoms in total. The Balaban J connectivity index is 2.54. The van der Waals surface area contributed by atoms with E-state index < -0.39 is 0 Å². The lowest BCUT2D eigenvalue weighted by atomic mass is 9.85. The Bertz CT molecular complexity index is 171. The van der Waals surface area contributed by atoms with Gasteiger partial charge in [-0.3, -0.25) is 0 Å². The van der Waals surface area contributed by atoms with Crippen LogP contribution < -0.4 is 5.73 Å². The molecule has 1 aliphatic rings. The summed E-state index contributed by atoms with van der Waals surface area (Å²) in [5, 5.41) is 0. The molecule has 0 amide bonds. The summed E-state index contributed by atoms with van der Waals surface area (Å²) in [7, 11) is 0. The molecule has 0 aromatic heterocycles. The molecule has 1 rings (SSSR count). The van der Waals surface area contributed by atoms with Crippen LogP contribution in [0.1, 0.15) is 52.9 Å². The molecule has 0 spiro atoms. The molecule has 0 bridgehead atoms. The summed E-state index contributed by atoms with van der Waals surface area (Å²) in [6, 6.07) is 0.661. The van der Waals surface area contributed by atoms with Crippen LogP contribution in [0, 0.1) is 5.41 Å². The van der Waals surface area contributed by atoms with E-state index in [9.17, 15) is 0 Å². The molecule has 1 saturated carbocycles. The molecular weight excluding hydrogens is 184 g/mol. The van der Waals surface area contributed by atoms with E-state index in [1.165, 1.54) is 45.2 Å². The second-order valence-electron chi connectivity index (χ2n) is 5.48. The first-order chi connectivity index (χ1) is 7.13. The van der Waals surface area contributed by atoms with Crippen LogP contribution in [0.15, 0.2) is 0 Å². The summed E-state index contributed by atoms with van der Waals surface area (Å²) < 4.78 is 0. The van der Waals surface area contributed by atoms with Gasteiger partial charge in [-0.05, 0) is 51.6 Å². The third-order valence-electron chi connectivity index (χ3n) is 3.88. The fourth-order valence-corrected chi connectivity index (χ4v) is 2.79. The standard InChI is InChI=1S/C13H28N2/c1-4-9-15(12(2)3)11-13(10-14)7-5-6-8-13/h12H,4-11,14H2,1-3H3. The smallest absolute Gasteiger partial charge is 0.00528 e. The molecule has 1 fully saturated rings. The fraction of sp³-hybridized carbons (Fsp3) is 1.00. The molecule has 90 valence electrons. The third-order valence-corrected chi connectivity index (χ3v) is 3.88. The van der Waals surface area contributed by atoms with Gasteiger partial charge in [0, 0.05) is 12.6 Å². The first-order valence-corrected chi connectivity index (χ1v) is 6.57. The van der Waals surface area contributed by atoms with Crippen LogP contribution in [-0.2, 0) is 0 Å². The van der Waals surface area contributed by atoms with E-state index in [-0.39, 0.29) is 0 Å². The van der Waals surface area contributed by atoms with Crippen molar-refractivity contribution in [3.05, 3.63) is 0 Å². The molecule has 0 atom stereocenters. The van der Waals surface area contributed by atoms with Gasteiger partial charge in [0.1, 0.15) is 0 Å². The summed E-state index contributed by atoms with van der Waals surface area (Å²) >= 11 is 0. The SMILES string of the molecule is CCCN(CC1(CN)CCCC1)C(C)C. The van der Waals surface area contributed by atoms with Crippen LogP contribution in [0.4, 0.5) is 0 Å². The highest BCUT2D eigenvalue weighted by molar-refractivity contribution is 4.89. The highest BCUT2D eigenvalue weighted by Crippen LogP contribution is 2.38. The van der Waals surface area contributed by atoms with Crippen molar-refractivity contribution in [1.29, 1.82) is 0 Å². The number of hydrogen-bond acceptors (Lipinski definition) is 2. The molecule has 0 aromatic rings. The third kappa shape index (κ3) is 3.46. The van der Waals surface area contributed by atoms with Crippen molar-refractivity contribution in [3.8, 4) is 0 Å². The van der Waals surface area contributed by atoms with Crippen LogP contribution in [-0.4, -0.2) is 30.6 Å². The van der Waals surface area contributed by atoms with Gasteiger partial charge in [0.15, 0.2) is 0 Å². The van der Waals surface area contributed by atoms with E-state index in [1.807, 2.05) is 0 Å². The fourth-order valence-electron chi connectivity index (χ4n) is 2.79. The summed E-state index contributed by atoms with van der Waals surface area (Å²) in [6.07, 6.45) is 6.70. The summed E-state index contributed by atoms with van der Waals surface area (Å²) in [4.78, 5) is 2.61. The van der Waals surface area contributed by atoms with Gasteiger partial charge in [0.2, 0.25) is 0 Å². The molecule has 0 heterocycles. The van der Waals surface area contributed by atoms with E-state index in [1.54, 1.807) is 0 Å². The molecule has 15 heavy (non-hydrogen) atoms. The van der Waals surface area contributed by atoms with Crippen molar-refractivity contribution < 1.29 is 0 Å². The van der Waals surface area contributed by atoms with Gasteiger partial charge in [-0.25, -0.2) is 0 Å². The summed E-state index contributed by atoms with van der Waals surface area (Å²) in [5.74, 6) is 0. The Hall–Kier alpha value is -0.0800. The van der Waals surface area contributed by atoms with Crippen molar-refractivity contribution in [2.45, 2.75) is 58.9 Å². The minimum absolute atomic E-state index is 0.444. The lowest BCUT2D eigenvalue weighted by Gasteiger charge is -2.36. The van der Waals surface area contributed by atoms with E-state index in [2.05, 4.69) is 25.7 Å². The molecule has 0 aliphatic heterocycles. The number of nitrogens with zero attached hydrogens (tertiary/aromatic N) is 1. The predicted octanol–water partition coefficient (Wildman–Crippen LogP) is 2.63. The summed E-state index contributed by atoms with van der Waals surface area (Å²) in [6.45, 7) is 10.2. The second kappa shape index (κ2) is 5.86. The minimum Gasteiger partial charge on any atom is -0.330 e. The molecule has 1 aliphatic carbocycles. The first-order valence-electron chi connectivity index (χ1n) is 6.57. The quantitative estimate of drug-likeness (QED) is 0.733. The first kappa shape index (κ1) is 13.0. The van der Waals surface area contributed by atoms with Crippen molar-refractivity contribution in [2.24, 2.45) is 11.1 Å². The Morgan fingerprint density at radius 2 is 1.87 bits per heavy atom. The maximum Gasteiger partial charge on any atom is 0.00528 e. The van der Waals surface area contributed by atoms with Crippen LogP contribution in [0.5, 0.6) is 0 Å². The van der Waals surface area contributed by atoms with Crippen LogP contribution >= 0.6 is 0 Å². The molecule has 2 N–H and O–H groups in total. The maximum atomic E-state index is 5.99. The lowest BCUT2D eigenvalue weighted by molar-refractivity contribution is 0.129. The average Bonchev–Trinajstić information content (AvgIpc) is 2.66. The molecule has 2 heteroatoms. The van der Waals surface area contributed by atoms with Crippen molar-refractivity contribution in [3.63, 3.8) is 0 Å². The van der Waals surface area contributed by atoms with Gasteiger partial charge in [-0.2, -0.15) is 0 Å². The van der Waals surface area contributed by atoms with E-state index in [4.69, 9.17) is 5.73 Å². The van der Waals surface area contributed by atoms with E-state index in [0.717, 1.165) is 6.54 Å². The van der Waals surface area contributed by atoms with Crippen molar-refractivity contribution in [1.82, 2.24) is 4.90 Å². The highest BCUT2D eigenvalue weighted by atomic mass is 15.2. The van der Waals surface area contributed by atoms with Gasteiger partial charge >= 0.3 is 0 Å². The maximum absolute atomic E-state index is 5.99. The highest BCUT2D eigenvalue weighted by Gasteiger charge is 2.34. The Kier molecular flexibility index (Phi) is 5.07. The van der Waals surface area contributed by atoms with E-state index in [0.29, 0.717) is 11.5 Å². The Morgan fingerprint density at radius 1 is 1.27 bits per heavy atom. The second-order valence-corrected chi connectivity index (χ2v) is 5.48. The van der Waals surface area contributed by atoms with Gasteiger partial charge in [-0.15, -0.1) is 0 Å². The number of hydrogen-bond donors (Lipinski definition) is 1. The normalized spacial score (nSPS) is 20.4. The Labute approximate surface area is 95.2 Å². The van der Waals surface area contributed by atoms with Crippen molar-refractivity contribution >= 4 is 0 Å². The van der Waals surface area contributed by atoms with Crippen LogP contribution in [0.2, 0.25) is 0 Å². The summed E-state index contributed by atoms with van der Waals surface area (Å²) in [5.41, 5.74) is 6.43. The number of nitrogens with two attached hydrogens (primary N) is 1. The monoisotopic (exact) mass is 212 g/mol. The predicted molar refractivity (Wildman–Crippen MR) is 67.0 cm³/mol. The average molecular weight is 212 g/mol. The molecule has 0 radical (unpaired) electrons. The van der Waals surface area contributed by atoms with Gasteiger partial charge < -0.3 is 10.6 Å². The molecule has 0 aromatic carbocycles. The van der Waals surface area contributed by atoms with Crippen LogP contribution in [0.3, 0.4) is 0 Å². The van der Waals surface area contributed by atoms with Gasteiger partial charge in [0.25, 0.3) is 0 Å². The molecule has 0 saturated heterocycles. The zero-order chi connectivity index (χ0) is 11.3. The largest absolute Gasteiger partial charge is 0.330 e. The van der Waals surface area contributed by atoms with Gasteiger partial charge in [-0.1, -0.05) is 19.8 Å². The molecule has 0 unspecified atom stereocenters. The Morgan fingerprint density at radius 3 is 2.27 bits per heavy atom.